The number of carbonyl (C=O) groups excluding carboxylic acids is 2. The van der Waals surface area contributed by atoms with E-state index in [2.05, 4.69) is 0 Å². The van der Waals surface area contributed by atoms with Gasteiger partial charge in [0.15, 0.2) is 0 Å². The fraction of sp³-hybridized carbons (Fsp3) is 0.529. The average molecular weight is 286 g/mol. The molecule has 0 N–H and O–H groups in total. The van der Waals surface area contributed by atoms with Crippen LogP contribution in [0.2, 0.25) is 0 Å². The SMILES string of the molecule is O=C1CCCN1Cc1cccc(C(=O)N2CCCCC2)c1. The smallest absolute Gasteiger partial charge is 0.253 e. The summed E-state index contributed by atoms with van der Waals surface area (Å²) < 4.78 is 0. The molecule has 0 aliphatic carbocycles. The molecule has 0 bridgehead atoms. The zero-order valence-corrected chi connectivity index (χ0v) is 12.4. The molecule has 1 aromatic rings. The van der Waals surface area contributed by atoms with Crippen molar-refractivity contribution in [3.63, 3.8) is 0 Å². The van der Waals surface area contributed by atoms with Gasteiger partial charge in [-0.05, 0) is 43.4 Å². The van der Waals surface area contributed by atoms with Crippen molar-refractivity contribution in [1.29, 1.82) is 0 Å². The predicted molar refractivity (Wildman–Crippen MR) is 80.8 cm³/mol. The number of amides is 2. The fourth-order valence-corrected chi connectivity index (χ4v) is 3.17. The van der Waals surface area contributed by atoms with E-state index in [0.717, 1.165) is 50.0 Å². The van der Waals surface area contributed by atoms with Gasteiger partial charge in [-0.1, -0.05) is 12.1 Å². The minimum atomic E-state index is 0.129. The summed E-state index contributed by atoms with van der Waals surface area (Å²) in [6.45, 7) is 3.20. The van der Waals surface area contributed by atoms with E-state index in [-0.39, 0.29) is 11.8 Å². The van der Waals surface area contributed by atoms with Crippen molar-refractivity contribution in [2.24, 2.45) is 0 Å². The summed E-state index contributed by atoms with van der Waals surface area (Å²) in [7, 11) is 0. The van der Waals surface area contributed by atoms with Gasteiger partial charge in [-0.25, -0.2) is 0 Å². The van der Waals surface area contributed by atoms with Crippen molar-refractivity contribution in [1.82, 2.24) is 9.80 Å². The highest BCUT2D eigenvalue weighted by Crippen LogP contribution is 2.17. The first kappa shape index (κ1) is 14.1. The Kier molecular flexibility index (Phi) is 4.23. The number of benzene rings is 1. The lowest BCUT2D eigenvalue weighted by Crippen LogP contribution is -2.35. The molecule has 2 saturated heterocycles. The van der Waals surface area contributed by atoms with Crippen molar-refractivity contribution >= 4 is 11.8 Å². The third kappa shape index (κ3) is 3.26. The molecule has 2 amide bonds. The van der Waals surface area contributed by atoms with Gasteiger partial charge < -0.3 is 9.80 Å². The van der Waals surface area contributed by atoms with Crippen LogP contribution < -0.4 is 0 Å². The Hall–Kier alpha value is -1.84. The third-order valence-corrected chi connectivity index (χ3v) is 4.36. The first-order valence-corrected chi connectivity index (χ1v) is 7.90. The zero-order valence-electron chi connectivity index (χ0n) is 12.4. The lowest BCUT2D eigenvalue weighted by Gasteiger charge is -2.27. The Bertz CT molecular complexity index is 535. The van der Waals surface area contributed by atoms with Crippen LogP contribution in [0.3, 0.4) is 0 Å². The van der Waals surface area contributed by atoms with Crippen LogP contribution in [-0.4, -0.2) is 41.2 Å². The molecule has 3 rings (SSSR count). The molecule has 0 spiro atoms. The Morgan fingerprint density at radius 1 is 1.05 bits per heavy atom. The van der Waals surface area contributed by atoms with Crippen LogP contribution in [0, 0.1) is 0 Å². The minimum Gasteiger partial charge on any atom is -0.339 e. The summed E-state index contributed by atoms with van der Waals surface area (Å²) in [6, 6.07) is 7.75. The van der Waals surface area contributed by atoms with Crippen LogP contribution in [-0.2, 0) is 11.3 Å². The van der Waals surface area contributed by atoms with Crippen LogP contribution >= 0.6 is 0 Å². The molecule has 21 heavy (non-hydrogen) atoms. The van der Waals surface area contributed by atoms with E-state index >= 15 is 0 Å². The molecule has 2 fully saturated rings. The van der Waals surface area contributed by atoms with E-state index in [4.69, 9.17) is 0 Å². The summed E-state index contributed by atoms with van der Waals surface area (Å²) in [5, 5.41) is 0. The molecule has 0 radical (unpaired) electrons. The number of piperidine rings is 1. The zero-order chi connectivity index (χ0) is 14.7. The number of likely N-dealkylation sites (tertiary alicyclic amines) is 2. The highest BCUT2D eigenvalue weighted by atomic mass is 16.2. The second-order valence-corrected chi connectivity index (χ2v) is 5.97. The molecule has 0 aromatic heterocycles. The van der Waals surface area contributed by atoms with Gasteiger partial charge in [-0.2, -0.15) is 0 Å². The van der Waals surface area contributed by atoms with Crippen LogP contribution in [0.4, 0.5) is 0 Å². The first-order valence-electron chi connectivity index (χ1n) is 7.90. The van der Waals surface area contributed by atoms with E-state index in [1.807, 2.05) is 34.1 Å². The number of hydrogen-bond donors (Lipinski definition) is 0. The second kappa shape index (κ2) is 6.29. The Balaban J connectivity index is 1.70. The number of nitrogens with zero attached hydrogens (tertiary/aromatic N) is 2. The van der Waals surface area contributed by atoms with Gasteiger partial charge in [0.05, 0.1) is 0 Å². The van der Waals surface area contributed by atoms with Crippen molar-refractivity contribution in [3.05, 3.63) is 35.4 Å². The number of hydrogen-bond acceptors (Lipinski definition) is 2. The molecular formula is C17H22N2O2. The Labute approximate surface area is 125 Å². The topological polar surface area (TPSA) is 40.6 Å². The molecule has 4 nitrogen and oxygen atoms in total. The van der Waals surface area contributed by atoms with Gasteiger partial charge in [0.25, 0.3) is 5.91 Å². The standard InChI is InChI=1S/C17H22N2O2/c20-16-8-5-11-19(16)13-14-6-4-7-15(12-14)17(21)18-9-2-1-3-10-18/h4,6-7,12H,1-3,5,8-11,13H2. The lowest BCUT2D eigenvalue weighted by atomic mass is 10.1. The van der Waals surface area contributed by atoms with Crippen molar-refractivity contribution < 1.29 is 9.59 Å². The molecule has 112 valence electrons. The first-order chi connectivity index (χ1) is 10.2. The maximum atomic E-state index is 12.5. The van der Waals surface area contributed by atoms with Gasteiger partial charge in [0, 0.05) is 38.2 Å². The molecule has 1 aromatic carbocycles. The summed E-state index contributed by atoms with van der Waals surface area (Å²) in [4.78, 5) is 28.0. The van der Waals surface area contributed by atoms with Crippen LogP contribution in [0.15, 0.2) is 24.3 Å². The number of carbonyl (C=O) groups is 2. The third-order valence-electron chi connectivity index (χ3n) is 4.36. The Morgan fingerprint density at radius 2 is 1.86 bits per heavy atom. The molecule has 0 unspecified atom stereocenters. The summed E-state index contributed by atoms with van der Waals surface area (Å²) in [6.07, 6.45) is 5.04. The molecule has 0 saturated carbocycles. The second-order valence-electron chi connectivity index (χ2n) is 5.97. The highest BCUT2D eigenvalue weighted by molar-refractivity contribution is 5.94. The van der Waals surface area contributed by atoms with Crippen LogP contribution in [0.5, 0.6) is 0 Å². The van der Waals surface area contributed by atoms with Crippen LogP contribution in [0.1, 0.15) is 48.0 Å². The normalized spacial score (nSPS) is 19.1. The van der Waals surface area contributed by atoms with E-state index in [1.54, 1.807) is 0 Å². The quantitative estimate of drug-likeness (QED) is 0.856. The van der Waals surface area contributed by atoms with Crippen molar-refractivity contribution in [3.8, 4) is 0 Å². The minimum absolute atomic E-state index is 0.129. The summed E-state index contributed by atoms with van der Waals surface area (Å²) >= 11 is 0. The van der Waals surface area contributed by atoms with E-state index < -0.39 is 0 Å². The summed E-state index contributed by atoms with van der Waals surface area (Å²) in [5.74, 6) is 0.354. The highest BCUT2D eigenvalue weighted by Gasteiger charge is 2.21. The maximum absolute atomic E-state index is 12.5. The number of rotatable bonds is 3. The lowest BCUT2D eigenvalue weighted by molar-refractivity contribution is -0.128. The van der Waals surface area contributed by atoms with Gasteiger partial charge in [-0.3, -0.25) is 9.59 Å². The maximum Gasteiger partial charge on any atom is 0.253 e. The summed E-state index contributed by atoms with van der Waals surface area (Å²) in [5.41, 5.74) is 1.80. The average Bonchev–Trinajstić information content (AvgIpc) is 2.93. The molecule has 4 heteroatoms. The molecule has 2 aliphatic heterocycles. The molecule has 2 aliphatic rings. The Morgan fingerprint density at radius 3 is 2.57 bits per heavy atom. The van der Waals surface area contributed by atoms with Gasteiger partial charge >= 0.3 is 0 Å². The van der Waals surface area contributed by atoms with Crippen LogP contribution in [0.25, 0.3) is 0 Å². The van der Waals surface area contributed by atoms with Gasteiger partial charge in [0.1, 0.15) is 0 Å². The van der Waals surface area contributed by atoms with Gasteiger partial charge in [0.2, 0.25) is 5.91 Å². The fourth-order valence-electron chi connectivity index (χ4n) is 3.17. The largest absolute Gasteiger partial charge is 0.339 e. The monoisotopic (exact) mass is 286 g/mol. The molecule has 2 heterocycles. The van der Waals surface area contributed by atoms with Crippen molar-refractivity contribution in [2.75, 3.05) is 19.6 Å². The van der Waals surface area contributed by atoms with E-state index in [0.29, 0.717) is 13.0 Å². The predicted octanol–water partition coefficient (Wildman–Crippen LogP) is 2.44. The van der Waals surface area contributed by atoms with Gasteiger partial charge in [-0.15, -0.1) is 0 Å². The van der Waals surface area contributed by atoms with Crippen molar-refractivity contribution in [2.45, 2.75) is 38.6 Å². The molecule has 0 atom stereocenters. The molecular weight excluding hydrogens is 264 g/mol. The van der Waals surface area contributed by atoms with E-state index in [1.165, 1.54) is 6.42 Å². The van der Waals surface area contributed by atoms with E-state index in [9.17, 15) is 9.59 Å².